The van der Waals surface area contributed by atoms with Crippen LogP contribution in [-0.4, -0.2) is 38.6 Å². The Kier molecular flexibility index (Phi) is 4.52. The van der Waals surface area contributed by atoms with Crippen molar-refractivity contribution in [3.63, 3.8) is 0 Å². The molecule has 0 bridgehead atoms. The fraction of sp³-hybridized carbons (Fsp3) is 0.500. The van der Waals surface area contributed by atoms with Crippen molar-refractivity contribution >= 4 is 17.6 Å². The molecule has 1 rings (SSSR count). The summed E-state index contributed by atoms with van der Waals surface area (Å²) < 4.78 is 0. The Morgan fingerprint density at radius 2 is 2.11 bits per heavy atom. The van der Waals surface area contributed by atoms with Crippen LogP contribution in [0.3, 0.4) is 0 Å². The van der Waals surface area contributed by atoms with Crippen LogP contribution in [0.2, 0.25) is 0 Å². The van der Waals surface area contributed by atoms with E-state index < -0.39 is 10.9 Å². The van der Waals surface area contributed by atoms with E-state index in [4.69, 9.17) is 5.11 Å². The van der Waals surface area contributed by atoms with E-state index in [-0.39, 0.29) is 24.1 Å². The standard InChI is InChI=1S/C10H14N4O4/c1-3-13(7(2)4-9(15)16)10-11-5-8(6-12-10)14(17)18/h5-7H,3-4H2,1-2H3,(H,15,16). The highest BCUT2D eigenvalue weighted by molar-refractivity contribution is 5.68. The minimum absolute atomic E-state index is 0.0474. The van der Waals surface area contributed by atoms with Gasteiger partial charge in [-0.15, -0.1) is 0 Å². The Labute approximate surface area is 103 Å². The third-order valence-corrected chi connectivity index (χ3v) is 2.44. The zero-order valence-electron chi connectivity index (χ0n) is 10.1. The van der Waals surface area contributed by atoms with Gasteiger partial charge in [0.2, 0.25) is 5.95 Å². The van der Waals surface area contributed by atoms with Gasteiger partial charge in [0.15, 0.2) is 0 Å². The first kappa shape index (κ1) is 13.8. The van der Waals surface area contributed by atoms with Gasteiger partial charge in [0.05, 0.1) is 11.3 Å². The normalized spacial score (nSPS) is 11.9. The van der Waals surface area contributed by atoms with Crippen molar-refractivity contribution in [1.82, 2.24) is 9.97 Å². The van der Waals surface area contributed by atoms with E-state index >= 15 is 0 Å². The average molecular weight is 254 g/mol. The minimum atomic E-state index is -0.914. The van der Waals surface area contributed by atoms with Crippen LogP contribution >= 0.6 is 0 Å². The Bertz CT molecular complexity index is 434. The van der Waals surface area contributed by atoms with Crippen molar-refractivity contribution in [3.05, 3.63) is 22.5 Å². The summed E-state index contributed by atoms with van der Waals surface area (Å²) >= 11 is 0. The lowest BCUT2D eigenvalue weighted by molar-refractivity contribution is -0.385. The molecule has 0 fully saturated rings. The molecule has 0 aliphatic heterocycles. The quantitative estimate of drug-likeness (QED) is 0.597. The third kappa shape index (κ3) is 3.37. The molecule has 18 heavy (non-hydrogen) atoms. The summed E-state index contributed by atoms with van der Waals surface area (Å²) in [7, 11) is 0. The summed E-state index contributed by atoms with van der Waals surface area (Å²) in [5.41, 5.74) is -0.194. The van der Waals surface area contributed by atoms with Crippen LogP contribution in [-0.2, 0) is 4.79 Å². The van der Waals surface area contributed by atoms with Crippen molar-refractivity contribution in [2.75, 3.05) is 11.4 Å². The number of carboxylic acid groups (broad SMARTS) is 1. The molecule has 8 nitrogen and oxygen atoms in total. The van der Waals surface area contributed by atoms with E-state index in [1.165, 1.54) is 0 Å². The van der Waals surface area contributed by atoms with Gasteiger partial charge in [0.1, 0.15) is 12.4 Å². The molecular weight excluding hydrogens is 240 g/mol. The summed E-state index contributed by atoms with van der Waals surface area (Å²) in [6.45, 7) is 4.10. The van der Waals surface area contributed by atoms with Crippen LogP contribution in [0.15, 0.2) is 12.4 Å². The van der Waals surface area contributed by atoms with Gasteiger partial charge in [-0.1, -0.05) is 0 Å². The lowest BCUT2D eigenvalue weighted by Gasteiger charge is -2.26. The minimum Gasteiger partial charge on any atom is -0.481 e. The molecule has 1 N–H and O–H groups in total. The highest BCUT2D eigenvalue weighted by Gasteiger charge is 2.19. The molecule has 98 valence electrons. The molecule has 0 spiro atoms. The Balaban J connectivity index is 2.88. The zero-order chi connectivity index (χ0) is 13.7. The molecule has 0 saturated carbocycles. The van der Waals surface area contributed by atoms with Crippen LogP contribution in [0.4, 0.5) is 11.6 Å². The zero-order valence-corrected chi connectivity index (χ0v) is 10.1. The Morgan fingerprint density at radius 3 is 2.50 bits per heavy atom. The number of aromatic nitrogens is 2. The van der Waals surface area contributed by atoms with Gasteiger partial charge in [-0.2, -0.15) is 0 Å². The van der Waals surface area contributed by atoms with E-state index in [9.17, 15) is 14.9 Å². The van der Waals surface area contributed by atoms with Gasteiger partial charge in [-0.3, -0.25) is 14.9 Å². The van der Waals surface area contributed by atoms with Gasteiger partial charge in [-0.05, 0) is 13.8 Å². The number of aliphatic carboxylic acids is 1. The van der Waals surface area contributed by atoms with Crippen molar-refractivity contribution in [2.45, 2.75) is 26.3 Å². The maximum absolute atomic E-state index is 10.6. The molecule has 1 atom stereocenters. The first-order valence-corrected chi connectivity index (χ1v) is 5.40. The maximum Gasteiger partial charge on any atom is 0.305 e. The molecule has 8 heteroatoms. The van der Waals surface area contributed by atoms with Gasteiger partial charge >= 0.3 is 11.7 Å². The SMILES string of the molecule is CCN(c1ncc([N+](=O)[O-])cn1)C(C)CC(=O)O. The molecule has 1 aromatic rings. The Hall–Kier alpha value is -2.25. The Morgan fingerprint density at radius 1 is 1.56 bits per heavy atom. The number of carboxylic acids is 1. The van der Waals surface area contributed by atoms with E-state index in [1.54, 1.807) is 11.8 Å². The van der Waals surface area contributed by atoms with E-state index in [0.29, 0.717) is 6.54 Å². The third-order valence-electron chi connectivity index (χ3n) is 2.44. The molecule has 1 aromatic heterocycles. The molecule has 0 radical (unpaired) electrons. The molecule has 0 aromatic carbocycles. The highest BCUT2D eigenvalue weighted by atomic mass is 16.6. The average Bonchev–Trinajstić information content (AvgIpc) is 2.29. The number of anilines is 1. The number of rotatable bonds is 6. The number of carbonyl (C=O) groups is 1. The van der Waals surface area contributed by atoms with Crippen molar-refractivity contribution < 1.29 is 14.8 Å². The topological polar surface area (TPSA) is 109 Å². The van der Waals surface area contributed by atoms with Gasteiger partial charge in [0, 0.05) is 12.6 Å². The molecule has 0 saturated heterocycles. The summed E-state index contributed by atoms with van der Waals surface area (Å²) in [6, 6.07) is -0.283. The number of hydrogen-bond donors (Lipinski definition) is 1. The molecule has 0 amide bonds. The van der Waals surface area contributed by atoms with Crippen LogP contribution in [0.1, 0.15) is 20.3 Å². The van der Waals surface area contributed by atoms with Gasteiger partial charge in [0.25, 0.3) is 0 Å². The molecule has 0 aliphatic carbocycles. The fourth-order valence-electron chi connectivity index (χ4n) is 1.57. The molecule has 1 unspecified atom stereocenters. The summed E-state index contributed by atoms with van der Waals surface area (Å²) in [5, 5.41) is 19.2. The highest BCUT2D eigenvalue weighted by Crippen LogP contribution is 2.15. The smallest absolute Gasteiger partial charge is 0.305 e. The monoisotopic (exact) mass is 254 g/mol. The number of nitrogens with zero attached hydrogens (tertiary/aromatic N) is 4. The van der Waals surface area contributed by atoms with Crippen LogP contribution in [0.25, 0.3) is 0 Å². The molecule has 0 aliphatic rings. The van der Waals surface area contributed by atoms with Crippen molar-refractivity contribution in [3.8, 4) is 0 Å². The molecular formula is C10H14N4O4. The fourth-order valence-corrected chi connectivity index (χ4v) is 1.57. The predicted octanol–water partition coefficient (Wildman–Crippen LogP) is 1.07. The first-order chi connectivity index (χ1) is 8.45. The van der Waals surface area contributed by atoms with Gasteiger partial charge in [-0.25, -0.2) is 9.97 Å². The van der Waals surface area contributed by atoms with Crippen molar-refractivity contribution in [2.24, 2.45) is 0 Å². The largest absolute Gasteiger partial charge is 0.481 e. The predicted molar refractivity (Wildman–Crippen MR) is 63.4 cm³/mol. The van der Waals surface area contributed by atoms with Gasteiger partial charge < -0.3 is 10.0 Å². The van der Waals surface area contributed by atoms with Crippen LogP contribution in [0.5, 0.6) is 0 Å². The summed E-state index contributed by atoms with van der Waals surface area (Å²) in [4.78, 5) is 30.0. The lowest BCUT2D eigenvalue weighted by Crippen LogP contribution is -2.35. The van der Waals surface area contributed by atoms with Crippen molar-refractivity contribution in [1.29, 1.82) is 0 Å². The van der Waals surface area contributed by atoms with E-state index in [0.717, 1.165) is 12.4 Å². The number of hydrogen-bond acceptors (Lipinski definition) is 6. The van der Waals surface area contributed by atoms with E-state index in [2.05, 4.69) is 9.97 Å². The second-order valence-corrected chi connectivity index (χ2v) is 3.73. The maximum atomic E-state index is 10.6. The van der Waals surface area contributed by atoms with E-state index in [1.807, 2.05) is 6.92 Å². The summed E-state index contributed by atoms with van der Waals surface area (Å²) in [5.74, 6) is -0.625. The second-order valence-electron chi connectivity index (χ2n) is 3.73. The lowest BCUT2D eigenvalue weighted by atomic mass is 10.2. The first-order valence-electron chi connectivity index (χ1n) is 5.40. The number of nitro groups is 1. The second kappa shape index (κ2) is 5.89. The van der Waals surface area contributed by atoms with Crippen LogP contribution in [0, 0.1) is 10.1 Å². The van der Waals surface area contributed by atoms with Crippen LogP contribution < -0.4 is 4.90 Å². The molecule has 1 heterocycles. The summed E-state index contributed by atoms with van der Waals surface area (Å²) in [6.07, 6.45) is 2.17.